The van der Waals surface area contributed by atoms with E-state index in [0.29, 0.717) is 35.8 Å². The molecule has 2 aliphatic heterocycles. The Morgan fingerprint density at radius 3 is 2.77 bits per heavy atom. The topological polar surface area (TPSA) is 75.0 Å². The van der Waals surface area contributed by atoms with E-state index in [-0.39, 0.29) is 23.9 Å². The molecule has 1 N–H and O–H groups in total. The van der Waals surface area contributed by atoms with Crippen molar-refractivity contribution in [2.45, 2.75) is 32.2 Å². The second kappa shape index (κ2) is 9.81. The highest BCUT2D eigenvalue weighted by Crippen LogP contribution is 2.25. The molecule has 3 heterocycles. The number of aryl methyl sites for hydroxylation is 1. The number of halogens is 1. The molecule has 0 aliphatic carbocycles. The van der Waals surface area contributed by atoms with E-state index in [0.717, 1.165) is 56.6 Å². The summed E-state index contributed by atoms with van der Waals surface area (Å²) in [5.41, 5.74) is 1.62. The number of methoxy groups -OCH3 is 1. The number of nitrogens with zero attached hydrogens (tertiary/aromatic N) is 2. The number of ether oxygens (including phenoxy) is 1. The molecule has 30 heavy (non-hydrogen) atoms. The summed E-state index contributed by atoms with van der Waals surface area (Å²) in [6.07, 6.45) is 1.77. The van der Waals surface area contributed by atoms with Crippen LogP contribution in [0.3, 0.4) is 0 Å². The maximum absolute atomic E-state index is 12.8. The summed E-state index contributed by atoms with van der Waals surface area (Å²) >= 11 is 0. The van der Waals surface area contributed by atoms with Gasteiger partial charge in [0.05, 0.1) is 7.11 Å². The summed E-state index contributed by atoms with van der Waals surface area (Å²) in [6, 6.07) is 5.93. The molecule has 2 saturated heterocycles. The monoisotopic (exact) mass is 435 g/mol. The van der Waals surface area contributed by atoms with E-state index in [4.69, 9.17) is 9.15 Å². The maximum atomic E-state index is 12.8. The van der Waals surface area contributed by atoms with Gasteiger partial charge in [0, 0.05) is 68.7 Å². The molecule has 0 spiro atoms. The van der Waals surface area contributed by atoms with Crippen molar-refractivity contribution in [3.8, 4) is 5.75 Å². The summed E-state index contributed by atoms with van der Waals surface area (Å²) < 4.78 is 10.7. The van der Waals surface area contributed by atoms with Gasteiger partial charge in [0.2, 0.25) is 5.91 Å². The van der Waals surface area contributed by atoms with E-state index in [1.807, 2.05) is 24.0 Å². The van der Waals surface area contributed by atoms with Crippen molar-refractivity contribution in [1.82, 2.24) is 15.1 Å². The quantitative estimate of drug-likeness (QED) is 0.724. The van der Waals surface area contributed by atoms with Crippen LogP contribution in [0.5, 0.6) is 5.75 Å². The largest absolute Gasteiger partial charge is 0.497 e. The fraction of sp³-hybridized carbons (Fsp3) is 0.545. The average molecular weight is 436 g/mol. The normalized spacial score (nSPS) is 19.7. The van der Waals surface area contributed by atoms with Crippen LogP contribution in [0.15, 0.2) is 27.4 Å². The third-order valence-electron chi connectivity index (χ3n) is 6.27. The number of carbonyl (C=O) groups is 1. The van der Waals surface area contributed by atoms with Gasteiger partial charge >= 0.3 is 5.63 Å². The second-order valence-corrected chi connectivity index (χ2v) is 7.92. The fourth-order valence-corrected chi connectivity index (χ4v) is 4.49. The standard InChI is InChI=1S/C22H29N3O4.ClH/c1-15-18-4-3-17(28-2)13-20(18)29-22(27)19(15)5-6-21(26)25-10-7-16(14-25)24-11-8-23-9-12-24;/h3-4,13,16,23H,5-12,14H2,1-2H3;1H. The number of amides is 1. The molecule has 0 radical (unpaired) electrons. The first-order valence-corrected chi connectivity index (χ1v) is 10.4. The zero-order chi connectivity index (χ0) is 20.4. The first kappa shape index (κ1) is 22.6. The maximum Gasteiger partial charge on any atom is 0.339 e. The van der Waals surface area contributed by atoms with Crippen LogP contribution in [0.1, 0.15) is 24.0 Å². The van der Waals surface area contributed by atoms with Gasteiger partial charge in [-0.1, -0.05) is 0 Å². The number of hydrogen-bond donors (Lipinski definition) is 1. The molecule has 1 atom stereocenters. The summed E-state index contributed by atoms with van der Waals surface area (Å²) in [4.78, 5) is 29.7. The van der Waals surface area contributed by atoms with Crippen molar-refractivity contribution in [1.29, 1.82) is 0 Å². The number of rotatable bonds is 5. The third kappa shape index (κ3) is 4.63. The number of nitrogens with one attached hydrogen (secondary N) is 1. The average Bonchev–Trinajstić information content (AvgIpc) is 3.24. The lowest BCUT2D eigenvalue weighted by Gasteiger charge is -2.32. The molecule has 2 fully saturated rings. The molecule has 4 rings (SSSR count). The number of likely N-dealkylation sites (tertiary alicyclic amines) is 1. The molecule has 1 aromatic heterocycles. The van der Waals surface area contributed by atoms with Gasteiger partial charge < -0.3 is 19.4 Å². The Morgan fingerprint density at radius 2 is 2.03 bits per heavy atom. The van der Waals surface area contributed by atoms with Crippen LogP contribution in [0.25, 0.3) is 11.0 Å². The predicted molar refractivity (Wildman–Crippen MR) is 119 cm³/mol. The van der Waals surface area contributed by atoms with Crippen molar-refractivity contribution in [3.63, 3.8) is 0 Å². The number of fused-ring (bicyclic) bond motifs is 1. The van der Waals surface area contributed by atoms with Crippen molar-refractivity contribution in [2.75, 3.05) is 46.4 Å². The Labute approximate surface area is 182 Å². The molecule has 2 aliphatic rings. The molecule has 1 aromatic carbocycles. The molecule has 0 saturated carbocycles. The first-order valence-electron chi connectivity index (χ1n) is 10.4. The summed E-state index contributed by atoms with van der Waals surface area (Å²) in [5.74, 6) is 0.771. The van der Waals surface area contributed by atoms with Gasteiger partial charge in [-0.2, -0.15) is 0 Å². The Morgan fingerprint density at radius 1 is 1.27 bits per heavy atom. The van der Waals surface area contributed by atoms with E-state index < -0.39 is 0 Å². The van der Waals surface area contributed by atoms with Crippen molar-refractivity contribution in [2.24, 2.45) is 0 Å². The Kier molecular flexibility index (Phi) is 7.39. The molecule has 1 amide bonds. The van der Waals surface area contributed by atoms with Crippen molar-refractivity contribution < 1.29 is 13.9 Å². The minimum absolute atomic E-state index is 0. The fourth-order valence-electron chi connectivity index (χ4n) is 4.49. The van der Waals surface area contributed by atoms with Gasteiger partial charge in [0.25, 0.3) is 0 Å². The molecule has 2 aromatic rings. The Bertz CT molecular complexity index is 955. The van der Waals surface area contributed by atoms with Gasteiger partial charge in [0.15, 0.2) is 0 Å². The van der Waals surface area contributed by atoms with Crippen LogP contribution >= 0.6 is 12.4 Å². The highest BCUT2D eigenvalue weighted by Gasteiger charge is 2.30. The van der Waals surface area contributed by atoms with Crippen LogP contribution in [-0.4, -0.2) is 68.1 Å². The number of benzene rings is 1. The minimum atomic E-state index is -0.365. The minimum Gasteiger partial charge on any atom is -0.497 e. The van der Waals surface area contributed by atoms with Crippen LogP contribution in [0.4, 0.5) is 0 Å². The van der Waals surface area contributed by atoms with Crippen LogP contribution < -0.4 is 15.7 Å². The molecular formula is C22H30ClN3O4. The van der Waals surface area contributed by atoms with Crippen molar-refractivity contribution >= 4 is 29.3 Å². The summed E-state index contributed by atoms with van der Waals surface area (Å²) in [6.45, 7) is 7.66. The van der Waals surface area contributed by atoms with Gasteiger partial charge in [-0.05, 0) is 37.5 Å². The van der Waals surface area contributed by atoms with E-state index in [1.165, 1.54) is 0 Å². The molecule has 0 bridgehead atoms. The molecule has 7 nitrogen and oxygen atoms in total. The number of carbonyl (C=O) groups excluding carboxylic acids is 1. The zero-order valence-electron chi connectivity index (χ0n) is 17.6. The van der Waals surface area contributed by atoms with Gasteiger partial charge in [-0.3, -0.25) is 9.69 Å². The number of piperazine rings is 1. The van der Waals surface area contributed by atoms with E-state index in [2.05, 4.69) is 10.2 Å². The van der Waals surface area contributed by atoms with Gasteiger partial charge in [0.1, 0.15) is 11.3 Å². The third-order valence-corrected chi connectivity index (χ3v) is 6.27. The first-order chi connectivity index (χ1) is 14.1. The Balaban J connectivity index is 0.00000256. The van der Waals surface area contributed by atoms with Gasteiger partial charge in [-0.15, -0.1) is 12.4 Å². The lowest BCUT2D eigenvalue weighted by molar-refractivity contribution is -0.130. The number of hydrogen-bond acceptors (Lipinski definition) is 6. The highest BCUT2D eigenvalue weighted by atomic mass is 35.5. The molecular weight excluding hydrogens is 406 g/mol. The summed E-state index contributed by atoms with van der Waals surface area (Å²) in [5, 5.41) is 4.25. The SMILES string of the molecule is COc1ccc2c(C)c(CCC(=O)N3CCC(N4CCNCC4)C3)c(=O)oc2c1.Cl. The lowest BCUT2D eigenvalue weighted by Crippen LogP contribution is -2.49. The highest BCUT2D eigenvalue weighted by molar-refractivity contribution is 5.85. The van der Waals surface area contributed by atoms with Crippen LogP contribution in [0, 0.1) is 6.92 Å². The van der Waals surface area contributed by atoms with Crippen molar-refractivity contribution in [3.05, 3.63) is 39.7 Å². The second-order valence-electron chi connectivity index (χ2n) is 7.92. The molecule has 164 valence electrons. The van der Waals surface area contributed by atoms with E-state index >= 15 is 0 Å². The van der Waals surface area contributed by atoms with E-state index in [9.17, 15) is 9.59 Å². The Hall–Kier alpha value is -2.09. The lowest BCUT2D eigenvalue weighted by atomic mass is 10.0. The van der Waals surface area contributed by atoms with E-state index in [1.54, 1.807) is 13.2 Å². The van der Waals surface area contributed by atoms with Gasteiger partial charge in [-0.25, -0.2) is 4.79 Å². The molecule has 1 unspecified atom stereocenters. The summed E-state index contributed by atoms with van der Waals surface area (Å²) in [7, 11) is 1.58. The van der Waals surface area contributed by atoms with Crippen LogP contribution in [-0.2, 0) is 11.2 Å². The smallest absolute Gasteiger partial charge is 0.339 e. The molecule has 8 heteroatoms. The zero-order valence-corrected chi connectivity index (χ0v) is 18.4. The van der Waals surface area contributed by atoms with Crippen LogP contribution in [0.2, 0.25) is 0 Å². The predicted octanol–water partition coefficient (Wildman–Crippen LogP) is 1.97.